The predicted octanol–water partition coefficient (Wildman–Crippen LogP) is 4.93. The van der Waals surface area contributed by atoms with E-state index in [2.05, 4.69) is 20.6 Å². The Bertz CT molecular complexity index is 775. The van der Waals surface area contributed by atoms with Crippen LogP contribution in [0.1, 0.15) is 5.69 Å². The summed E-state index contributed by atoms with van der Waals surface area (Å²) in [5.41, 5.74) is 2.62. The van der Waals surface area contributed by atoms with Crippen LogP contribution in [0.2, 0.25) is 5.02 Å². The van der Waals surface area contributed by atoms with Crippen LogP contribution in [-0.4, -0.2) is 9.97 Å². The average Bonchev–Trinajstić information content (AvgIpc) is 2.50. The second-order valence-corrected chi connectivity index (χ2v) is 5.22. The van der Waals surface area contributed by atoms with E-state index in [0.29, 0.717) is 11.0 Å². The van der Waals surface area contributed by atoms with Crippen molar-refractivity contribution in [1.82, 2.24) is 9.97 Å². The molecule has 0 spiro atoms. The van der Waals surface area contributed by atoms with Crippen molar-refractivity contribution < 1.29 is 0 Å². The molecule has 0 aliphatic carbocycles. The molecule has 5 heteroatoms. The summed E-state index contributed by atoms with van der Waals surface area (Å²) in [5.74, 6) is 1.24. The summed E-state index contributed by atoms with van der Waals surface area (Å²) in [5, 5.41) is 7.04. The van der Waals surface area contributed by atoms with Crippen molar-refractivity contribution >= 4 is 34.7 Å². The van der Waals surface area contributed by atoms with Gasteiger partial charge in [0.25, 0.3) is 0 Å². The molecule has 0 aliphatic heterocycles. The van der Waals surface area contributed by atoms with Gasteiger partial charge in [-0.25, -0.2) is 4.98 Å². The highest BCUT2D eigenvalue weighted by molar-refractivity contribution is 6.33. The maximum Gasteiger partial charge on any atom is 0.229 e. The number of hydrogen-bond donors (Lipinski definition) is 2. The SMILES string of the molecule is Cc1cc(Nc2ccccc2)nc(Nc2ccccc2Cl)n1. The summed E-state index contributed by atoms with van der Waals surface area (Å²) < 4.78 is 0. The normalized spacial score (nSPS) is 10.3. The highest BCUT2D eigenvalue weighted by Crippen LogP contribution is 2.24. The molecule has 22 heavy (non-hydrogen) atoms. The van der Waals surface area contributed by atoms with E-state index in [9.17, 15) is 0 Å². The van der Waals surface area contributed by atoms with E-state index >= 15 is 0 Å². The van der Waals surface area contributed by atoms with Crippen molar-refractivity contribution in [3.05, 3.63) is 71.4 Å². The molecule has 0 amide bonds. The van der Waals surface area contributed by atoms with E-state index in [1.165, 1.54) is 0 Å². The second kappa shape index (κ2) is 6.45. The van der Waals surface area contributed by atoms with Gasteiger partial charge in [-0.15, -0.1) is 0 Å². The van der Waals surface area contributed by atoms with Crippen LogP contribution in [0, 0.1) is 6.92 Å². The van der Waals surface area contributed by atoms with E-state index in [1.54, 1.807) is 0 Å². The van der Waals surface area contributed by atoms with Crippen molar-refractivity contribution in [2.45, 2.75) is 6.92 Å². The Morgan fingerprint density at radius 1 is 0.864 bits per heavy atom. The number of anilines is 4. The van der Waals surface area contributed by atoms with E-state index < -0.39 is 0 Å². The number of aryl methyl sites for hydroxylation is 1. The summed E-state index contributed by atoms with van der Waals surface area (Å²) >= 11 is 6.15. The third-order valence-corrected chi connectivity index (χ3v) is 3.35. The Morgan fingerprint density at radius 3 is 2.36 bits per heavy atom. The van der Waals surface area contributed by atoms with Gasteiger partial charge in [0.15, 0.2) is 0 Å². The number of halogens is 1. The molecular weight excluding hydrogens is 296 g/mol. The van der Waals surface area contributed by atoms with Gasteiger partial charge in [-0.3, -0.25) is 0 Å². The van der Waals surface area contributed by atoms with Gasteiger partial charge >= 0.3 is 0 Å². The van der Waals surface area contributed by atoms with Crippen LogP contribution in [0.15, 0.2) is 60.7 Å². The van der Waals surface area contributed by atoms with Crippen molar-refractivity contribution in [2.24, 2.45) is 0 Å². The lowest BCUT2D eigenvalue weighted by Gasteiger charge is -2.10. The lowest BCUT2D eigenvalue weighted by molar-refractivity contribution is 1.11. The lowest BCUT2D eigenvalue weighted by Crippen LogP contribution is -2.02. The monoisotopic (exact) mass is 310 g/mol. The molecule has 0 radical (unpaired) electrons. The standard InChI is InChI=1S/C17H15ClN4/c1-12-11-16(20-13-7-3-2-4-8-13)22-17(19-12)21-15-10-6-5-9-14(15)18/h2-11H,1H3,(H2,19,20,21,22). The maximum absolute atomic E-state index is 6.15. The van der Waals surface area contributed by atoms with Gasteiger partial charge in [-0.2, -0.15) is 4.98 Å². The zero-order chi connectivity index (χ0) is 15.4. The molecule has 0 bridgehead atoms. The van der Waals surface area contributed by atoms with Gasteiger partial charge in [-0.05, 0) is 31.2 Å². The molecule has 4 nitrogen and oxygen atoms in total. The smallest absolute Gasteiger partial charge is 0.229 e. The van der Waals surface area contributed by atoms with Crippen molar-refractivity contribution in [3.63, 3.8) is 0 Å². The first-order valence-electron chi connectivity index (χ1n) is 6.90. The van der Waals surface area contributed by atoms with E-state index in [0.717, 1.165) is 22.9 Å². The summed E-state index contributed by atoms with van der Waals surface area (Å²) in [4.78, 5) is 8.86. The Hall–Kier alpha value is -2.59. The predicted molar refractivity (Wildman–Crippen MR) is 91.2 cm³/mol. The van der Waals surface area contributed by atoms with Crippen molar-refractivity contribution in [3.8, 4) is 0 Å². The fraction of sp³-hybridized carbons (Fsp3) is 0.0588. The minimum absolute atomic E-state index is 0.506. The van der Waals surface area contributed by atoms with Crippen LogP contribution in [0.5, 0.6) is 0 Å². The first-order valence-corrected chi connectivity index (χ1v) is 7.28. The zero-order valence-electron chi connectivity index (χ0n) is 12.0. The fourth-order valence-electron chi connectivity index (χ4n) is 2.04. The Balaban J connectivity index is 1.85. The topological polar surface area (TPSA) is 49.8 Å². The molecule has 0 atom stereocenters. The lowest BCUT2D eigenvalue weighted by atomic mass is 10.3. The minimum Gasteiger partial charge on any atom is -0.340 e. The molecule has 0 saturated carbocycles. The molecule has 0 aliphatic rings. The van der Waals surface area contributed by atoms with E-state index in [4.69, 9.17) is 11.6 Å². The molecule has 2 N–H and O–H groups in total. The molecule has 110 valence electrons. The fourth-order valence-corrected chi connectivity index (χ4v) is 2.22. The molecule has 2 aromatic carbocycles. The molecule has 0 unspecified atom stereocenters. The second-order valence-electron chi connectivity index (χ2n) is 4.81. The number of para-hydroxylation sites is 2. The van der Waals surface area contributed by atoms with Crippen LogP contribution >= 0.6 is 11.6 Å². The summed E-state index contributed by atoms with van der Waals surface area (Å²) in [7, 11) is 0. The van der Waals surface area contributed by atoms with Gasteiger partial charge in [0.2, 0.25) is 5.95 Å². The van der Waals surface area contributed by atoms with Crippen LogP contribution in [0.4, 0.5) is 23.1 Å². The quantitative estimate of drug-likeness (QED) is 0.717. The molecule has 3 rings (SSSR count). The van der Waals surface area contributed by atoms with Gasteiger partial charge in [0.1, 0.15) is 5.82 Å². The van der Waals surface area contributed by atoms with Crippen LogP contribution < -0.4 is 10.6 Å². The Labute approximate surface area is 134 Å². The third-order valence-electron chi connectivity index (χ3n) is 3.02. The largest absolute Gasteiger partial charge is 0.340 e. The highest BCUT2D eigenvalue weighted by atomic mass is 35.5. The number of aromatic nitrogens is 2. The number of nitrogens with zero attached hydrogens (tertiary/aromatic N) is 2. The number of rotatable bonds is 4. The van der Waals surface area contributed by atoms with Crippen LogP contribution in [-0.2, 0) is 0 Å². The van der Waals surface area contributed by atoms with Crippen molar-refractivity contribution in [2.75, 3.05) is 10.6 Å². The summed E-state index contributed by atoms with van der Waals surface area (Å²) in [6.07, 6.45) is 0. The molecule has 3 aromatic rings. The zero-order valence-corrected chi connectivity index (χ0v) is 12.8. The maximum atomic E-state index is 6.15. The number of benzene rings is 2. The third kappa shape index (κ3) is 3.54. The molecule has 1 aromatic heterocycles. The van der Waals surface area contributed by atoms with E-state index in [1.807, 2.05) is 67.6 Å². The van der Waals surface area contributed by atoms with E-state index in [-0.39, 0.29) is 0 Å². The van der Waals surface area contributed by atoms with Gasteiger partial charge in [0, 0.05) is 17.4 Å². The Morgan fingerprint density at radius 2 is 1.59 bits per heavy atom. The number of hydrogen-bond acceptors (Lipinski definition) is 4. The molecule has 0 saturated heterocycles. The van der Waals surface area contributed by atoms with Crippen molar-refractivity contribution in [1.29, 1.82) is 0 Å². The first kappa shape index (κ1) is 14.4. The molecular formula is C17H15ClN4. The highest BCUT2D eigenvalue weighted by Gasteiger charge is 2.05. The van der Waals surface area contributed by atoms with Crippen LogP contribution in [0.25, 0.3) is 0 Å². The number of nitrogens with one attached hydrogen (secondary N) is 2. The molecule has 1 heterocycles. The van der Waals surface area contributed by atoms with Crippen LogP contribution in [0.3, 0.4) is 0 Å². The summed E-state index contributed by atoms with van der Waals surface area (Å²) in [6.45, 7) is 1.93. The first-order chi connectivity index (χ1) is 10.7. The molecule has 0 fully saturated rings. The average molecular weight is 311 g/mol. The van der Waals surface area contributed by atoms with Gasteiger partial charge in [0.05, 0.1) is 10.7 Å². The minimum atomic E-state index is 0.506. The Kier molecular flexibility index (Phi) is 4.21. The van der Waals surface area contributed by atoms with Gasteiger partial charge in [-0.1, -0.05) is 41.9 Å². The van der Waals surface area contributed by atoms with Gasteiger partial charge < -0.3 is 10.6 Å². The summed E-state index contributed by atoms with van der Waals surface area (Å²) in [6, 6.07) is 19.3.